The van der Waals surface area contributed by atoms with Crippen LogP contribution in [0.25, 0.3) is 121 Å². The highest BCUT2D eigenvalue weighted by Gasteiger charge is 2.52. The van der Waals surface area contributed by atoms with Gasteiger partial charge in [0.05, 0.1) is 5.41 Å². The van der Waals surface area contributed by atoms with Gasteiger partial charge >= 0.3 is 0 Å². The standard InChI is InChI=1S/C64H37N3OS/c1-2-17-38(18-3-1)40-19-4-5-22-44(40)61-65-62(67-63(66-61)48-27-16-34-57-60(48)46-24-9-13-33-56(46)69-57)47-26-15-32-55-59(47)49-37-39(35-36-54(49)68-55)41-25-14-31-53-58(41)45-23-8-12-30-52(45)64(53)50-28-10-6-20-42(50)43-21-7-11-29-51(43)64/h1-37H. The van der Waals surface area contributed by atoms with E-state index >= 15 is 0 Å². The number of furan rings is 1. The Morgan fingerprint density at radius 3 is 1.59 bits per heavy atom. The van der Waals surface area contributed by atoms with Crippen LogP contribution in [0.1, 0.15) is 22.3 Å². The number of rotatable bonds is 5. The topological polar surface area (TPSA) is 51.8 Å². The zero-order valence-electron chi connectivity index (χ0n) is 37.0. The van der Waals surface area contributed by atoms with Gasteiger partial charge in [0, 0.05) is 47.6 Å². The van der Waals surface area contributed by atoms with Gasteiger partial charge in [0.25, 0.3) is 0 Å². The second-order valence-electron chi connectivity index (χ2n) is 18.1. The Labute approximate surface area is 401 Å². The summed E-state index contributed by atoms with van der Waals surface area (Å²) in [6.07, 6.45) is 0. The second kappa shape index (κ2) is 14.6. The van der Waals surface area contributed by atoms with Crippen molar-refractivity contribution in [1.82, 2.24) is 15.0 Å². The molecule has 1 spiro atoms. The summed E-state index contributed by atoms with van der Waals surface area (Å²) in [6, 6.07) is 80.7. The second-order valence-corrected chi connectivity index (χ2v) is 19.2. The molecule has 0 amide bonds. The van der Waals surface area contributed by atoms with Crippen LogP contribution in [0.4, 0.5) is 0 Å². The summed E-state index contributed by atoms with van der Waals surface area (Å²) in [7, 11) is 0. The Hall–Kier alpha value is -8.77. The first-order valence-corrected chi connectivity index (χ1v) is 24.2. The largest absolute Gasteiger partial charge is 0.456 e. The maximum absolute atomic E-state index is 6.74. The van der Waals surface area contributed by atoms with Gasteiger partial charge in [-0.05, 0) is 97.1 Å². The summed E-state index contributed by atoms with van der Waals surface area (Å²) >= 11 is 1.79. The first-order chi connectivity index (χ1) is 34.2. The van der Waals surface area contributed by atoms with Gasteiger partial charge in [0.1, 0.15) is 11.2 Å². The van der Waals surface area contributed by atoms with Crippen molar-refractivity contribution in [3.63, 3.8) is 0 Å². The van der Waals surface area contributed by atoms with Gasteiger partial charge in [-0.2, -0.15) is 0 Å². The highest BCUT2D eigenvalue weighted by atomic mass is 32.1. The SMILES string of the molecule is c1ccc(-c2ccccc2-c2nc(-c3cccc4oc5ccc(-c6cccc7c6-c6ccccc6C76c7ccccc7-c7ccccc76)cc5c34)nc(-c3cccc4sc5ccccc5c34)n2)cc1. The monoisotopic (exact) mass is 895 g/mol. The molecular formula is C64H37N3OS. The molecule has 0 saturated carbocycles. The van der Waals surface area contributed by atoms with Crippen molar-refractivity contribution < 1.29 is 4.42 Å². The molecule has 13 aromatic rings. The Morgan fingerprint density at radius 1 is 0.319 bits per heavy atom. The summed E-state index contributed by atoms with van der Waals surface area (Å²) < 4.78 is 9.17. The Morgan fingerprint density at radius 2 is 0.841 bits per heavy atom. The van der Waals surface area contributed by atoms with E-state index in [4.69, 9.17) is 19.4 Å². The van der Waals surface area contributed by atoms with Crippen LogP contribution in [-0.4, -0.2) is 15.0 Å². The van der Waals surface area contributed by atoms with Crippen molar-refractivity contribution in [3.05, 3.63) is 247 Å². The minimum Gasteiger partial charge on any atom is -0.456 e. The van der Waals surface area contributed by atoms with Gasteiger partial charge in [0.15, 0.2) is 17.5 Å². The third-order valence-electron chi connectivity index (χ3n) is 14.6. The minimum atomic E-state index is -0.429. The van der Waals surface area contributed by atoms with E-state index < -0.39 is 5.41 Å². The number of thiophene rings is 1. The summed E-state index contributed by atoms with van der Waals surface area (Å²) in [4.78, 5) is 16.2. The lowest BCUT2D eigenvalue weighted by Gasteiger charge is -2.30. The molecule has 2 aliphatic rings. The first kappa shape index (κ1) is 38.3. The molecule has 0 fully saturated rings. The number of fused-ring (bicyclic) bond motifs is 16. The van der Waals surface area contributed by atoms with Crippen molar-refractivity contribution in [1.29, 1.82) is 0 Å². The lowest BCUT2D eigenvalue weighted by Crippen LogP contribution is -2.25. The van der Waals surface area contributed by atoms with Crippen molar-refractivity contribution in [2.45, 2.75) is 5.41 Å². The van der Waals surface area contributed by atoms with E-state index in [1.165, 1.54) is 64.9 Å². The highest BCUT2D eigenvalue weighted by molar-refractivity contribution is 7.25. The van der Waals surface area contributed by atoms with E-state index in [9.17, 15) is 0 Å². The summed E-state index contributed by atoms with van der Waals surface area (Å²) in [5.41, 5.74) is 18.8. The van der Waals surface area contributed by atoms with Crippen LogP contribution in [0.3, 0.4) is 0 Å². The van der Waals surface area contributed by atoms with E-state index in [0.29, 0.717) is 17.5 Å². The summed E-state index contributed by atoms with van der Waals surface area (Å²) in [6.45, 7) is 0. The normalized spacial score (nSPS) is 13.0. The Kier molecular flexibility index (Phi) is 8.12. The number of hydrogen-bond acceptors (Lipinski definition) is 5. The number of hydrogen-bond donors (Lipinski definition) is 0. The van der Waals surface area contributed by atoms with Crippen LogP contribution in [0.2, 0.25) is 0 Å². The maximum Gasteiger partial charge on any atom is 0.164 e. The number of benzene rings is 10. The lowest BCUT2D eigenvalue weighted by atomic mass is 9.70. The van der Waals surface area contributed by atoms with E-state index in [-0.39, 0.29) is 0 Å². The molecular weight excluding hydrogens is 859 g/mol. The fourth-order valence-corrected chi connectivity index (χ4v) is 12.9. The van der Waals surface area contributed by atoms with Gasteiger partial charge in [-0.25, -0.2) is 15.0 Å². The predicted octanol–water partition coefficient (Wildman–Crippen LogP) is 16.8. The van der Waals surface area contributed by atoms with Crippen molar-refractivity contribution in [3.8, 4) is 78.7 Å². The Bertz CT molecular complexity index is 4230. The van der Waals surface area contributed by atoms with Crippen molar-refractivity contribution >= 4 is 53.4 Å². The molecule has 320 valence electrons. The fourth-order valence-electron chi connectivity index (χ4n) is 11.8. The number of nitrogens with zero attached hydrogens (tertiary/aromatic N) is 3. The maximum atomic E-state index is 6.74. The molecule has 0 bridgehead atoms. The van der Waals surface area contributed by atoms with E-state index in [1.54, 1.807) is 11.3 Å². The van der Waals surface area contributed by atoms with Gasteiger partial charge < -0.3 is 4.42 Å². The van der Waals surface area contributed by atoms with Crippen LogP contribution in [-0.2, 0) is 5.41 Å². The zero-order valence-corrected chi connectivity index (χ0v) is 37.8. The van der Waals surface area contributed by atoms with Crippen LogP contribution in [0.15, 0.2) is 229 Å². The molecule has 0 N–H and O–H groups in total. The van der Waals surface area contributed by atoms with Crippen molar-refractivity contribution in [2.24, 2.45) is 0 Å². The number of aromatic nitrogens is 3. The van der Waals surface area contributed by atoms with Gasteiger partial charge in [-0.15, -0.1) is 11.3 Å². The molecule has 0 radical (unpaired) electrons. The van der Waals surface area contributed by atoms with E-state index in [1.807, 2.05) is 12.1 Å². The molecule has 10 aromatic carbocycles. The third-order valence-corrected chi connectivity index (χ3v) is 15.7. The molecule has 0 atom stereocenters. The van der Waals surface area contributed by atoms with Crippen LogP contribution >= 0.6 is 11.3 Å². The summed E-state index contributed by atoms with van der Waals surface area (Å²) in [5.74, 6) is 1.82. The molecule has 0 saturated heterocycles. The van der Waals surface area contributed by atoms with Crippen LogP contribution in [0.5, 0.6) is 0 Å². The van der Waals surface area contributed by atoms with Crippen LogP contribution in [0, 0.1) is 0 Å². The molecule has 0 aliphatic heterocycles. The predicted molar refractivity (Wildman–Crippen MR) is 283 cm³/mol. The fraction of sp³-hybridized carbons (Fsp3) is 0.0156. The van der Waals surface area contributed by atoms with Gasteiger partial charge in [0.2, 0.25) is 0 Å². The highest BCUT2D eigenvalue weighted by Crippen LogP contribution is 2.64. The molecule has 4 nitrogen and oxygen atoms in total. The molecule has 5 heteroatoms. The molecule has 15 rings (SSSR count). The molecule has 69 heavy (non-hydrogen) atoms. The quantitative estimate of drug-likeness (QED) is 0.173. The average molecular weight is 896 g/mol. The van der Waals surface area contributed by atoms with E-state index in [2.05, 4.69) is 212 Å². The molecule has 0 unspecified atom stereocenters. The van der Waals surface area contributed by atoms with E-state index in [0.717, 1.165) is 60.7 Å². The molecule has 2 aliphatic carbocycles. The smallest absolute Gasteiger partial charge is 0.164 e. The molecule has 3 heterocycles. The zero-order chi connectivity index (χ0) is 45.2. The van der Waals surface area contributed by atoms with Gasteiger partial charge in [-0.1, -0.05) is 194 Å². The summed E-state index contributed by atoms with van der Waals surface area (Å²) in [5, 5.41) is 4.32. The minimum absolute atomic E-state index is 0.429. The molecule has 3 aromatic heterocycles. The van der Waals surface area contributed by atoms with Crippen molar-refractivity contribution in [2.75, 3.05) is 0 Å². The average Bonchev–Trinajstić information content (AvgIpc) is 4.16. The third kappa shape index (κ3) is 5.42. The van der Waals surface area contributed by atoms with Gasteiger partial charge in [-0.3, -0.25) is 0 Å². The Balaban J connectivity index is 0.965. The first-order valence-electron chi connectivity index (χ1n) is 23.4. The lowest BCUT2D eigenvalue weighted by molar-refractivity contribution is 0.669. The van der Waals surface area contributed by atoms with Crippen LogP contribution < -0.4 is 0 Å².